The van der Waals surface area contributed by atoms with Crippen molar-refractivity contribution in [1.29, 1.82) is 0 Å². The lowest BCUT2D eigenvalue weighted by Crippen LogP contribution is -2.60. The van der Waals surface area contributed by atoms with Crippen LogP contribution < -0.4 is 5.19 Å². The molecule has 3 heteroatoms. The normalized spacial score (nSPS) is 16.0. The average Bonchev–Trinajstić information content (AvgIpc) is 2.16. The fourth-order valence-electron chi connectivity index (χ4n) is 1.54. The van der Waals surface area contributed by atoms with Crippen molar-refractivity contribution in [3.63, 3.8) is 0 Å². The maximum atomic E-state index is 6.81. The Bertz CT molecular complexity index is 316. The Labute approximate surface area is 93.1 Å². The molecular weight excluding hydrogens is 224 g/mol. The fraction of sp³-hybridized carbons (Fsp3) is 0.273. The summed E-state index contributed by atoms with van der Waals surface area (Å²) in [6, 6.07) is 10.4. The molecule has 76 valence electrons. The molecule has 1 rings (SSSR count). The average molecular weight is 241 g/mol. The van der Waals surface area contributed by atoms with Crippen LogP contribution >= 0.6 is 11.1 Å². The molecule has 0 amide bonds. The van der Waals surface area contributed by atoms with Crippen LogP contribution in [0.25, 0.3) is 0 Å². The van der Waals surface area contributed by atoms with Gasteiger partial charge in [-0.2, -0.15) is 11.1 Å². The summed E-state index contributed by atoms with van der Waals surface area (Å²) in [4.78, 5) is 0. The van der Waals surface area contributed by atoms with Crippen molar-refractivity contribution in [2.45, 2.75) is 19.6 Å². The Morgan fingerprint density at radius 2 is 1.64 bits per heavy atom. The van der Waals surface area contributed by atoms with Gasteiger partial charge in [0, 0.05) is 0 Å². The third kappa shape index (κ3) is 2.02. The summed E-state index contributed by atoms with van der Waals surface area (Å²) < 4.78 is 0. The molecule has 0 saturated heterocycles. The van der Waals surface area contributed by atoms with E-state index in [4.69, 9.17) is 11.1 Å². The predicted octanol–water partition coefficient (Wildman–Crippen LogP) is 3.22. The SMILES string of the molecule is C=C[Si](Cl)(c1ccccc1)[Si](C)(C)C. The maximum absolute atomic E-state index is 6.81. The smallest absolute Gasteiger partial charge is 0.159 e. The minimum atomic E-state index is -1.93. The van der Waals surface area contributed by atoms with Crippen LogP contribution in [0.1, 0.15) is 0 Å². The van der Waals surface area contributed by atoms with Crippen LogP contribution in [0.5, 0.6) is 0 Å². The summed E-state index contributed by atoms with van der Waals surface area (Å²) in [6.07, 6.45) is 0. The van der Waals surface area contributed by atoms with Gasteiger partial charge in [0.05, 0.1) is 7.59 Å². The Morgan fingerprint density at radius 1 is 1.14 bits per heavy atom. The molecule has 0 aliphatic heterocycles. The van der Waals surface area contributed by atoms with Crippen LogP contribution in [0, 0.1) is 0 Å². The van der Waals surface area contributed by atoms with Crippen molar-refractivity contribution in [3.05, 3.63) is 42.6 Å². The lowest BCUT2D eigenvalue weighted by atomic mass is 10.4. The summed E-state index contributed by atoms with van der Waals surface area (Å²) in [5.74, 6) is 0. The summed E-state index contributed by atoms with van der Waals surface area (Å²) in [5.41, 5.74) is 2.02. The Hall–Kier alpha value is -0.316. The second-order valence-corrected chi connectivity index (χ2v) is 21.0. The van der Waals surface area contributed by atoms with Crippen molar-refractivity contribution in [2.75, 3.05) is 0 Å². The first-order valence-corrected chi connectivity index (χ1v) is 12.4. The minimum absolute atomic E-state index is 1.30. The van der Waals surface area contributed by atoms with E-state index < -0.39 is 14.5 Å². The van der Waals surface area contributed by atoms with E-state index in [0.717, 1.165) is 0 Å². The monoisotopic (exact) mass is 240 g/mol. The number of rotatable bonds is 3. The first-order valence-electron chi connectivity index (χ1n) is 4.80. The molecule has 1 aromatic rings. The van der Waals surface area contributed by atoms with Gasteiger partial charge in [0.2, 0.25) is 0 Å². The van der Waals surface area contributed by atoms with Crippen LogP contribution in [0.4, 0.5) is 0 Å². The highest BCUT2D eigenvalue weighted by Gasteiger charge is 2.43. The van der Waals surface area contributed by atoms with Gasteiger partial charge in [-0.1, -0.05) is 55.7 Å². The quantitative estimate of drug-likeness (QED) is 0.562. The Morgan fingerprint density at radius 3 is 2.00 bits per heavy atom. The minimum Gasteiger partial charge on any atom is -0.159 e. The predicted molar refractivity (Wildman–Crippen MR) is 71.2 cm³/mol. The highest BCUT2D eigenvalue weighted by atomic mass is 35.6. The van der Waals surface area contributed by atoms with E-state index in [2.05, 4.69) is 50.5 Å². The van der Waals surface area contributed by atoms with E-state index in [1.807, 2.05) is 11.8 Å². The van der Waals surface area contributed by atoms with Gasteiger partial charge in [0.1, 0.15) is 0 Å². The fourth-order valence-corrected chi connectivity index (χ4v) is 9.24. The zero-order valence-electron chi connectivity index (χ0n) is 9.05. The maximum Gasteiger partial charge on any atom is 0.197 e. The molecule has 1 atom stereocenters. The molecule has 0 aromatic heterocycles. The molecular formula is C11H17ClSi2. The van der Waals surface area contributed by atoms with E-state index in [0.29, 0.717) is 0 Å². The van der Waals surface area contributed by atoms with Crippen LogP contribution in [-0.4, -0.2) is 14.5 Å². The summed E-state index contributed by atoms with van der Waals surface area (Å²) in [5, 5.41) is 1.30. The molecule has 0 heterocycles. The lowest BCUT2D eigenvalue weighted by molar-refractivity contribution is 1.74. The van der Waals surface area contributed by atoms with Gasteiger partial charge in [0.15, 0.2) is 6.90 Å². The third-order valence-corrected chi connectivity index (χ3v) is 20.7. The largest absolute Gasteiger partial charge is 0.197 e. The van der Waals surface area contributed by atoms with Gasteiger partial charge >= 0.3 is 0 Å². The van der Waals surface area contributed by atoms with Crippen molar-refractivity contribution >= 4 is 30.8 Å². The summed E-state index contributed by atoms with van der Waals surface area (Å²) >= 11 is 6.81. The van der Waals surface area contributed by atoms with Gasteiger partial charge in [-0.05, 0) is 5.19 Å². The summed E-state index contributed by atoms with van der Waals surface area (Å²) in [6.45, 7) is 8.98. The van der Waals surface area contributed by atoms with Gasteiger partial charge in [-0.15, -0.1) is 6.58 Å². The van der Waals surface area contributed by atoms with E-state index in [1.165, 1.54) is 5.19 Å². The molecule has 0 radical (unpaired) electrons. The topological polar surface area (TPSA) is 0 Å². The molecule has 1 aromatic carbocycles. The molecule has 0 N–H and O–H groups in total. The highest BCUT2D eigenvalue weighted by Crippen LogP contribution is 2.23. The molecule has 0 saturated carbocycles. The van der Waals surface area contributed by atoms with Crippen LogP contribution in [0.15, 0.2) is 42.6 Å². The van der Waals surface area contributed by atoms with Crippen LogP contribution in [0.3, 0.4) is 0 Å². The van der Waals surface area contributed by atoms with Crippen molar-refractivity contribution in [2.24, 2.45) is 0 Å². The van der Waals surface area contributed by atoms with Crippen molar-refractivity contribution in [3.8, 4) is 0 Å². The first-order chi connectivity index (χ1) is 6.42. The van der Waals surface area contributed by atoms with E-state index in [9.17, 15) is 0 Å². The van der Waals surface area contributed by atoms with Gasteiger partial charge in [0.25, 0.3) is 0 Å². The molecule has 0 nitrogen and oxygen atoms in total. The second kappa shape index (κ2) is 4.05. The first kappa shape index (κ1) is 11.8. The molecule has 0 bridgehead atoms. The Kier molecular flexibility index (Phi) is 3.40. The molecule has 0 aliphatic carbocycles. The number of hydrogen-bond acceptors (Lipinski definition) is 0. The molecule has 0 aliphatic rings. The van der Waals surface area contributed by atoms with E-state index in [1.54, 1.807) is 0 Å². The van der Waals surface area contributed by atoms with Gasteiger partial charge < -0.3 is 0 Å². The Balaban J connectivity index is 3.22. The van der Waals surface area contributed by atoms with Crippen LogP contribution in [-0.2, 0) is 0 Å². The second-order valence-electron chi connectivity index (χ2n) is 4.53. The number of halogens is 1. The molecule has 0 fully saturated rings. The molecule has 14 heavy (non-hydrogen) atoms. The van der Waals surface area contributed by atoms with Gasteiger partial charge in [-0.3, -0.25) is 0 Å². The van der Waals surface area contributed by atoms with Crippen molar-refractivity contribution < 1.29 is 0 Å². The van der Waals surface area contributed by atoms with Crippen molar-refractivity contribution in [1.82, 2.24) is 0 Å². The molecule has 0 spiro atoms. The molecule has 1 unspecified atom stereocenters. The zero-order chi connectivity index (χ0) is 10.8. The third-order valence-electron chi connectivity index (χ3n) is 2.57. The van der Waals surface area contributed by atoms with Gasteiger partial charge in [-0.25, -0.2) is 0 Å². The number of hydrogen-bond donors (Lipinski definition) is 0. The number of benzene rings is 1. The zero-order valence-corrected chi connectivity index (χ0v) is 11.8. The van der Waals surface area contributed by atoms with E-state index >= 15 is 0 Å². The van der Waals surface area contributed by atoms with E-state index in [-0.39, 0.29) is 0 Å². The standard InChI is InChI=1S/C11H17ClSi2/c1-5-14(12,13(2,3)4)11-9-7-6-8-10-11/h5-10H,1H2,2-4H3. The lowest BCUT2D eigenvalue weighted by Gasteiger charge is -2.33. The highest BCUT2D eigenvalue weighted by molar-refractivity contribution is 7.65. The van der Waals surface area contributed by atoms with Crippen LogP contribution in [0.2, 0.25) is 19.6 Å². The summed E-state index contributed by atoms with van der Waals surface area (Å²) in [7, 11) is -1.37.